The van der Waals surface area contributed by atoms with Crippen molar-refractivity contribution in [1.29, 1.82) is 0 Å². The zero-order chi connectivity index (χ0) is 13.2. The van der Waals surface area contributed by atoms with Crippen molar-refractivity contribution in [3.8, 4) is 0 Å². The molecule has 4 nitrogen and oxygen atoms in total. The van der Waals surface area contributed by atoms with Gasteiger partial charge in [-0.2, -0.15) is 0 Å². The molecule has 1 aromatic carbocycles. The van der Waals surface area contributed by atoms with Crippen LogP contribution in [0.5, 0.6) is 0 Å². The van der Waals surface area contributed by atoms with E-state index in [1.807, 2.05) is 0 Å². The summed E-state index contributed by atoms with van der Waals surface area (Å²) in [5, 5.41) is -1.08. The number of nitrogens with two attached hydrogens (primary N) is 1. The average Bonchev–Trinajstić information content (AvgIpc) is 2.22. The van der Waals surface area contributed by atoms with Crippen LogP contribution in [-0.2, 0) is 10.0 Å². The summed E-state index contributed by atoms with van der Waals surface area (Å²) in [5.74, 6) is -0.682. The Kier molecular flexibility index (Phi) is 4.45. The van der Waals surface area contributed by atoms with Gasteiger partial charge in [-0.15, -0.1) is 0 Å². The topological polar surface area (TPSA) is 72.2 Å². The van der Waals surface area contributed by atoms with Crippen molar-refractivity contribution in [2.45, 2.75) is 12.2 Å². The summed E-state index contributed by atoms with van der Waals surface area (Å²) >= 11 is 7.66. The SMILES string of the molecule is CC(C(N)=S)S(=O)(=O)Nc1c(F)cccc1Br. The first kappa shape index (κ1) is 14.3. The smallest absolute Gasteiger partial charge is 0.242 e. The van der Waals surface area contributed by atoms with Gasteiger partial charge >= 0.3 is 0 Å². The monoisotopic (exact) mass is 340 g/mol. The Morgan fingerprint density at radius 1 is 1.59 bits per heavy atom. The van der Waals surface area contributed by atoms with Gasteiger partial charge in [0.15, 0.2) is 0 Å². The van der Waals surface area contributed by atoms with E-state index in [4.69, 9.17) is 5.73 Å². The van der Waals surface area contributed by atoms with E-state index in [2.05, 4.69) is 32.9 Å². The molecular formula is C9H10BrFN2O2S2. The summed E-state index contributed by atoms with van der Waals surface area (Å²) in [4.78, 5) is -0.176. The number of anilines is 1. The molecule has 17 heavy (non-hydrogen) atoms. The third-order valence-corrected chi connectivity index (χ3v) is 4.91. The van der Waals surface area contributed by atoms with E-state index in [1.54, 1.807) is 0 Å². The predicted molar refractivity (Wildman–Crippen MR) is 72.9 cm³/mol. The summed E-state index contributed by atoms with van der Waals surface area (Å²) < 4.78 is 39.4. The summed E-state index contributed by atoms with van der Waals surface area (Å²) in [6, 6.07) is 4.12. The second-order valence-corrected chi connectivity index (χ2v) is 6.62. The second-order valence-electron chi connectivity index (χ2n) is 3.29. The molecule has 1 aromatic rings. The molecule has 0 aromatic heterocycles. The van der Waals surface area contributed by atoms with Gasteiger partial charge in [0, 0.05) is 4.47 Å². The normalized spacial score (nSPS) is 13.1. The minimum Gasteiger partial charge on any atom is -0.392 e. The fourth-order valence-corrected chi connectivity index (χ4v) is 2.91. The number of nitrogens with one attached hydrogen (secondary N) is 1. The van der Waals surface area contributed by atoms with Crippen molar-refractivity contribution in [2.75, 3.05) is 4.72 Å². The van der Waals surface area contributed by atoms with Crippen LogP contribution < -0.4 is 10.5 Å². The molecule has 0 radical (unpaired) electrons. The zero-order valence-corrected chi connectivity index (χ0v) is 12.0. The van der Waals surface area contributed by atoms with Crippen LogP contribution in [0.1, 0.15) is 6.92 Å². The Morgan fingerprint density at radius 3 is 2.65 bits per heavy atom. The Labute approximate surface area is 113 Å². The zero-order valence-electron chi connectivity index (χ0n) is 8.78. The number of hydrogen-bond acceptors (Lipinski definition) is 3. The molecule has 0 amide bonds. The summed E-state index contributed by atoms with van der Waals surface area (Å²) in [7, 11) is -3.84. The molecule has 0 aliphatic heterocycles. The first-order valence-electron chi connectivity index (χ1n) is 4.50. The van der Waals surface area contributed by atoms with Gasteiger partial charge in [0.25, 0.3) is 0 Å². The van der Waals surface area contributed by atoms with Crippen LogP contribution in [0, 0.1) is 5.82 Å². The van der Waals surface area contributed by atoms with Gasteiger partial charge in [-0.3, -0.25) is 4.72 Å². The molecule has 0 aliphatic rings. The van der Waals surface area contributed by atoms with Gasteiger partial charge in [0.05, 0.1) is 10.7 Å². The van der Waals surface area contributed by atoms with Gasteiger partial charge < -0.3 is 5.73 Å². The van der Waals surface area contributed by atoms with Crippen molar-refractivity contribution in [3.63, 3.8) is 0 Å². The lowest BCUT2D eigenvalue weighted by Gasteiger charge is -2.14. The van der Waals surface area contributed by atoms with Gasteiger partial charge in [-0.1, -0.05) is 18.3 Å². The van der Waals surface area contributed by atoms with Crippen molar-refractivity contribution >= 4 is 48.8 Å². The molecule has 1 unspecified atom stereocenters. The maximum Gasteiger partial charge on any atom is 0.242 e. The molecule has 0 bridgehead atoms. The summed E-state index contributed by atoms with van der Waals surface area (Å²) in [5.41, 5.74) is 5.10. The number of halogens is 2. The van der Waals surface area contributed by atoms with Crippen LogP contribution in [0.4, 0.5) is 10.1 Å². The fourth-order valence-electron chi connectivity index (χ4n) is 0.979. The standard InChI is InChI=1S/C9H10BrFN2O2S2/c1-5(9(12)16)17(14,15)13-8-6(10)3-2-4-7(8)11/h2-5,13H,1H3,(H2,12,16). The number of thiocarbonyl (C=S) groups is 1. The summed E-state index contributed by atoms with van der Waals surface area (Å²) in [6.45, 7) is 1.33. The van der Waals surface area contributed by atoms with Gasteiger partial charge in [0.2, 0.25) is 10.0 Å². The van der Waals surface area contributed by atoms with Gasteiger partial charge in [-0.25, -0.2) is 12.8 Å². The van der Waals surface area contributed by atoms with Crippen LogP contribution in [0.25, 0.3) is 0 Å². The van der Waals surface area contributed by atoms with E-state index in [9.17, 15) is 12.8 Å². The van der Waals surface area contributed by atoms with E-state index < -0.39 is 21.1 Å². The third-order valence-electron chi connectivity index (χ3n) is 2.07. The molecule has 0 aliphatic carbocycles. The van der Waals surface area contributed by atoms with Crippen molar-refractivity contribution < 1.29 is 12.8 Å². The minimum atomic E-state index is -3.84. The van der Waals surface area contributed by atoms with E-state index in [0.717, 1.165) is 6.07 Å². The highest BCUT2D eigenvalue weighted by Gasteiger charge is 2.25. The van der Waals surface area contributed by atoms with E-state index in [-0.39, 0.29) is 10.7 Å². The third kappa shape index (κ3) is 3.36. The largest absolute Gasteiger partial charge is 0.392 e. The van der Waals surface area contributed by atoms with Crippen molar-refractivity contribution in [1.82, 2.24) is 0 Å². The maximum atomic E-state index is 13.4. The molecule has 94 valence electrons. The number of hydrogen-bond donors (Lipinski definition) is 2. The van der Waals surface area contributed by atoms with Gasteiger partial charge in [-0.05, 0) is 35.0 Å². The quantitative estimate of drug-likeness (QED) is 0.822. The minimum absolute atomic E-state index is 0.157. The fraction of sp³-hybridized carbons (Fsp3) is 0.222. The molecule has 8 heteroatoms. The number of sulfonamides is 1. The molecule has 0 heterocycles. The molecule has 3 N–H and O–H groups in total. The molecule has 0 fully saturated rings. The van der Waals surface area contributed by atoms with Gasteiger partial charge in [0.1, 0.15) is 11.1 Å². The molecule has 0 saturated heterocycles. The summed E-state index contributed by atoms with van der Waals surface area (Å²) in [6.07, 6.45) is 0. The van der Waals surface area contributed by atoms with Crippen molar-refractivity contribution in [3.05, 3.63) is 28.5 Å². The van der Waals surface area contributed by atoms with E-state index >= 15 is 0 Å². The highest BCUT2D eigenvalue weighted by molar-refractivity contribution is 9.10. The molecule has 1 rings (SSSR count). The number of rotatable bonds is 4. The van der Waals surface area contributed by atoms with Crippen molar-refractivity contribution in [2.24, 2.45) is 5.73 Å². The molecular weight excluding hydrogens is 331 g/mol. The highest BCUT2D eigenvalue weighted by atomic mass is 79.9. The van der Waals surface area contributed by atoms with Crippen LogP contribution in [0.3, 0.4) is 0 Å². The molecule has 0 spiro atoms. The number of para-hydroxylation sites is 1. The lowest BCUT2D eigenvalue weighted by atomic mass is 10.3. The first-order valence-corrected chi connectivity index (χ1v) is 7.25. The van der Waals surface area contributed by atoms with Crippen LogP contribution in [0.2, 0.25) is 0 Å². The molecule has 0 saturated carbocycles. The van der Waals surface area contributed by atoms with Crippen LogP contribution >= 0.6 is 28.1 Å². The van der Waals surface area contributed by atoms with Crippen LogP contribution in [-0.4, -0.2) is 18.7 Å². The Morgan fingerprint density at radius 2 is 2.18 bits per heavy atom. The predicted octanol–water partition coefficient (Wildman–Crippen LogP) is 2.00. The van der Waals surface area contributed by atoms with E-state index in [1.165, 1.54) is 19.1 Å². The highest BCUT2D eigenvalue weighted by Crippen LogP contribution is 2.26. The lowest BCUT2D eigenvalue weighted by molar-refractivity contribution is 0.595. The Bertz CT molecular complexity index is 528. The maximum absolute atomic E-state index is 13.4. The second kappa shape index (κ2) is 5.28. The molecule has 1 atom stereocenters. The lowest BCUT2D eigenvalue weighted by Crippen LogP contribution is -2.36. The van der Waals surface area contributed by atoms with Crippen LogP contribution in [0.15, 0.2) is 22.7 Å². The van der Waals surface area contributed by atoms with E-state index in [0.29, 0.717) is 4.47 Å². The Balaban J connectivity index is 3.11. The first-order chi connectivity index (χ1) is 7.75. The number of benzene rings is 1. The average molecular weight is 341 g/mol. The Hall–Kier alpha value is -0.730.